The third-order valence-corrected chi connectivity index (χ3v) is 5.77. The molecule has 30 heavy (non-hydrogen) atoms. The number of nitrogens with one attached hydrogen (secondary N) is 2. The molecule has 3 aromatic rings. The minimum Gasteiger partial charge on any atom is -0.465 e. The predicted octanol–water partition coefficient (Wildman–Crippen LogP) is 4.70. The quantitative estimate of drug-likeness (QED) is 0.570. The molecule has 0 saturated heterocycles. The molecule has 0 atom stereocenters. The summed E-state index contributed by atoms with van der Waals surface area (Å²) in [6, 6.07) is 16.6. The highest BCUT2D eigenvalue weighted by molar-refractivity contribution is 5.92. The predicted molar refractivity (Wildman–Crippen MR) is 120 cm³/mol. The highest BCUT2D eigenvalue weighted by Crippen LogP contribution is 2.32. The minimum absolute atomic E-state index is 0.0285. The Kier molecular flexibility index (Phi) is 5.70. The first kappa shape index (κ1) is 19.9. The monoisotopic (exact) mass is 405 g/mol. The second kappa shape index (κ2) is 8.57. The van der Waals surface area contributed by atoms with Gasteiger partial charge in [-0.25, -0.2) is 9.78 Å². The molecular weight excluding hydrogens is 378 g/mol. The van der Waals surface area contributed by atoms with E-state index in [0.29, 0.717) is 5.95 Å². The summed E-state index contributed by atoms with van der Waals surface area (Å²) < 4.78 is 0. The zero-order valence-electron chi connectivity index (χ0n) is 17.3. The molecule has 1 amide bonds. The zero-order valence-corrected chi connectivity index (χ0v) is 17.3. The van der Waals surface area contributed by atoms with Gasteiger partial charge >= 0.3 is 6.09 Å². The van der Waals surface area contributed by atoms with E-state index in [2.05, 4.69) is 34.6 Å². The largest absolute Gasteiger partial charge is 0.465 e. The van der Waals surface area contributed by atoms with Gasteiger partial charge in [-0.05, 0) is 56.4 Å². The molecule has 4 rings (SSSR count). The van der Waals surface area contributed by atoms with Crippen molar-refractivity contribution in [2.75, 3.05) is 17.3 Å². The van der Waals surface area contributed by atoms with Crippen LogP contribution >= 0.6 is 0 Å². The fraction of sp³-hybridized carbons (Fsp3) is 0.348. The average Bonchev–Trinajstić information content (AvgIpc) is 2.74. The van der Waals surface area contributed by atoms with Crippen LogP contribution in [0.2, 0.25) is 0 Å². The molecule has 7 nitrogen and oxygen atoms in total. The average molecular weight is 406 g/mol. The summed E-state index contributed by atoms with van der Waals surface area (Å²) in [4.78, 5) is 22.6. The van der Waals surface area contributed by atoms with Gasteiger partial charge in [-0.1, -0.05) is 30.3 Å². The number of rotatable bonds is 5. The fourth-order valence-corrected chi connectivity index (χ4v) is 4.17. The van der Waals surface area contributed by atoms with Crippen LogP contribution in [0.25, 0.3) is 10.9 Å². The maximum atomic E-state index is 10.9. The number of benzene rings is 2. The molecule has 0 spiro atoms. The molecule has 0 bridgehead atoms. The molecule has 0 aliphatic heterocycles. The van der Waals surface area contributed by atoms with Gasteiger partial charge in [-0.2, -0.15) is 4.98 Å². The zero-order chi connectivity index (χ0) is 21.1. The van der Waals surface area contributed by atoms with Crippen molar-refractivity contribution in [2.24, 2.45) is 0 Å². The Morgan fingerprint density at radius 3 is 2.40 bits per heavy atom. The van der Waals surface area contributed by atoms with E-state index >= 15 is 0 Å². The lowest BCUT2D eigenvalue weighted by molar-refractivity contribution is 0.185. The molecule has 1 aromatic heterocycles. The van der Waals surface area contributed by atoms with Crippen molar-refractivity contribution in [1.82, 2.24) is 15.3 Å². The number of carbonyl (C=O) groups is 1. The summed E-state index contributed by atoms with van der Waals surface area (Å²) in [6.45, 7) is 2.10. The van der Waals surface area contributed by atoms with E-state index in [1.807, 2.05) is 43.4 Å². The molecule has 1 saturated carbocycles. The van der Waals surface area contributed by atoms with Crippen LogP contribution in [0.3, 0.4) is 0 Å². The number of amides is 1. The summed E-state index contributed by atoms with van der Waals surface area (Å²) in [7, 11) is 2.03. The minimum atomic E-state index is -0.951. The van der Waals surface area contributed by atoms with Gasteiger partial charge < -0.3 is 20.6 Å². The van der Waals surface area contributed by atoms with Gasteiger partial charge in [0.05, 0.1) is 5.52 Å². The molecule has 1 fully saturated rings. The van der Waals surface area contributed by atoms with Gasteiger partial charge in [-0.15, -0.1) is 0 Å². The number of anilines is 3. The van der Waals surface area contributed by atoms with Crippen molar-refractivity contribution in [3.05, 3.63) is 54.1 Å². The molecule has 1 aliphatic carbocycles. The van der Waals surface area contributed by atoms with E-state index in [1.165, 1.54) is 5.56 Å². The van der Waals surface area contributed by atoms with Crippen molar-refractivity contribution in [3.63, 3.8) is 0 Å². The number of para-hydroxylation sites is 2. The molecule has 156 valence electrons. The summed E-state index contributed by atoms with van der Waals surface area (Å²) in [5, 5.41) is 16.0. The van der Waals surface area contributed by atoms with Gasteiger partial charge in [0.15, 0.2) is 0 Å². The first-order chi connectivity index (χ1) is 14.5. The Bertz CT molecular complexity index is 1050. The Morgan fingerprint density at radius 1 is 1.00 bits per heavy atom. The first-order valence-electron chi connectivity index (χ1n) is 10.3. The molecule has 7 heteroatoms. The highest BCUT2D eigenvalue weighted by Gasteiger charge is 2.23. The lowest BCUT2D eigenvalue weighted by Gasteiger charge is -2.29. The van der Waals surface area contributed by atoms with Gasteiger partial charge in [0.2, 0.25) is 5.95 Å². The first-order valence-corrected chi connectivity index (χ1v) is 10.3. The van der Waals surface area contributed by atoms with Crippen LogP contribution in [0.1, 0.15) is 31.2 Å². The Balaban J connectivity index is 1.60. The second-order valence-electron chi connectivity index (χ2n) is 7.88. The number of aromatic nitrogens is 2. The smallest absolute Gasteiger partial charge is 0.404 e. The number of nitrogens with zero attached hydrogens (tertiary/aromatic N) is 3. The normalized spacial score (nSPS) is 18.7. The number of hydrogen-bond acceptors (Lipinski definition) is 5. The van der Waals surface area contributed by atoms with Crippen LogP contribution in [0.15, 0.2) is 48.5 Å². The third kappa shape index (κ3) is 4.30. The van der Waals surface area contributed by atoms with E-state index in [4.69, 9.17) is 15.1 Å². The number of carboxylic acid groups (broad SMARTS) is 1. The van der Waals surface area contributed by atoms with Crippen molar-refractivity contribution in [2.45, 2.75) is 44.7 Å². The Labute approximate surface area is 176 Å². The van der Waals surface area contributed by atoms with Crippen LogP contribution in [0.5, 0.6) is 0 Å². The summed E-state index contributed by atoms with van der Waals surface area (Å²) in [6.07, 6.45) is 2.43. The fourth-order valence-electron chi connectivity index (χ4n) is 4.17. The number of hydrogen-bond donors (Lipinski definition) is 3. The molecule has 0 unspecified atom stereocenters. The van der Waals surface area contributed by atoms with Crippen molar-refractivity contribution < 1.29 is 9.90 Å². The summed E-state index contributed by atoms with van der Waals surface area (Å²) in [5.74, 6) is 1.47. The van der Waals surface area contributed by atoms with Crippen molar-refractivity contribution in [1.29, 1.82) is 0 Å². The SMILES string of the molecule is Cc1ccccc1N(C)c1nc(N[C@H]2CC[C@@H](NC(=O)O)CC2)nc2ccccc12. The van der Waals surface area contributed by atoms with Crippen molar-refractivity contribution >= 4 is 34.4 Å². The topological polar surface area (TPSA) is 90.4 Å². The van der Waals surface area contributed by atoms with Crippen LogP contribution in [-0.4, -0.2) is 40.3 Å². The maximum Gasteiger partial charge on any atom is 0.404 e. The lowest BCUT2D eigenvalue weighted by Crippen LogP contribution is -2.39. The summed E-state index contributed by atoms with van der Waals surface area (Å²) in [5.41, 5.74) is 3.18. The van der Waals surface area contributed by atoms with Crippen LogP contribution < -0.4 is 15.5 Å². The highest BCUT2D eigenvalue weighted by atomic mass is 16.4. The molecule has 0 radical (unpaired) electrons. The lowest BCUT2D eigenvalue weighted by atomic mass is 9.91. The van der Waals surface area contributed by atoms with Crippen LogP contribution in [0.4, 0.5) is 22.2 Å². The van der Waals surface area contributed by atoms with Gasteiger partial charge in [-0.3, -0.25) is 0 Å². The maximum absolute atomic E-state index is 10.9. The Hall–Kier alpha value is -3.35. The molecule has 1 aliphatic rings. The Morgan fingerprint density at radius 2 is 1.67 bits per heavy atom. The van der Waals surface area contributed by atoms with Gasteiger partial charge in [0, 0.05) is 30.2 Å². The van der Waals surface area contributed by atoms with Gasteiger partial charge in [0.1, 0.15) is 5.82 Å². The molecule has 2 aromatic carbocycles. The summed E-state index contributed by atoms with van der Waals surface area (Å²) >= 11 is 0. The molecular formula is C23H27N5O2. The molecule has 3 N–H and O–H groups in total. The van der Waals surface area contributed by atoms with E-state index < -0.39 is 6.09 Å². The second-order valence-corrected chi connectivity index (χ2v) is 7.88. The van der Waals surface area contributed by atoms with E-state index in [9.17, 15) is 4.79 Å². The van der Waals surface area contributed by atoms with Gasteiger partial charge in [0.25, 0.3) is 0 Å². The van der Waals surface area contributed by atoms with E-state index in [1.54, 1.807) is 0 Å². The number of aryl methyl sites for hydroxylation is 1. The molecule has 1 heterocycles. The third-order valence-electron chi connectivity index (χ3n) is 5.77. The van der Waals surface area contributed by atoms with Crippen LogP contribution in [-0.2, 0) is 0 Å². The van der Waals surface area contributed by atoms with E-state index in [0.717, 1.165) is 48.1 Å². The van der Waals surface area contributed by atoms with Crippen molar-refractivity contribution in [3.8, 4) is 0 Å². The number of fused-ring (bicyclic) bond motifs is 1. The van der Waals surface area contributed by atoms with Crippen LogP contribution in [0, 0.1) is 6.92 Å². The van der Waals surface area contributed by atoms with E-state index in [-0.39, 0.29) is 12.1 Å². The standard InChI is InChI=1S/C23H27N5O2/c1-15-7-3-6-10-20(15)28(2)21-18-8-4-5-9-19(18)26-22(27-21)24-16-11-13-17(14-12-16)25-23(29)30/h3-10,16-17,25H,11-14H2,1-2H3,(H,29,30)(H,24,26,27)/t16-,17+.